The molecule has 0 atom stereocenters. The summed E-state index contributed by atoms with van der Waals surface area (Å²) in [7, 11) is 1.48. The molecule has 1 rings (SSSR count). The SMILES string of the molecule is CNC(=O)NC(=O)CCSCC=Cc1ccccc1. The zero-order valence-corrected chi connectivity index (χ0v) is 11.7. The van der Waals surface area contributed by atoms with Gasteiger partial charge in [0.25, 0.3) is 0 Å². The van der Waals surface area contributed by atoms with Crippen LogP contribution < -0.4 is 10.6 Å². The summed E-state index contributed by atoms with van der Waals surface area (Å²) in [5.41, 5.74) is 1.17. The molecule has 0 radical (unpaired) electrons. The maximum absolute atomic E-state index is 11.3. The molecule has 4 nitrogen and oxygen atoms in total. The van der Waals surface area contributed by atoms with Crippen LogP contribution in [0.4, 0.5) is 4.79 Å². The Morgan fingerprint density at radius 1 is 1.26 bits per heavy atom. The molecule has 0 saturated heterocycles. The highest BCUT2D eigenvalue weighted by atomic mass is 32.2. The minimum absolute atomic E-state index is 0.251. The van der Waals surface area contributed by atoms with Gasteiger partial charge in [-0.2, -0.15) is 11.8 Å². The van der Waals surface area contributed by atoms with Gasteiger partial charge >= 0.3 is 6.03 Å². The molecule has 1 aromatic carbocycles. The van der Waals surface area contributed by atoms with Gasteiger partial charge in [0.2, 0.25) is 5.91 Å². The van der Waals surface area contributed by atoms with Gasteiger partial charge in [0, 0.05) is 25.0 Å². The largest absolute Gasteiger partial charge is 0.341 e. The summed E-state index contributed by atoms with van der Waals surface area (Å²) in [5.74, 6) is 1.29. The first-order valence-electron chi connectivity index (χ1n) is 6.03. The van der Waals surface area contributed by atoms with Crippen molar-refractivity contribution in [2.24, 2.45) is 0 Å². The summed E-state index contributed by atoms with van der Waals surface area (Å²) in [6.45, 7) is 0. The van der Waals surface area contributed by atoms with E-state index < -0.39 is 6.03 Å². The van der Waals surface area contributed by atoms with Crippen LogP contribution >= 0.6 is 11.8 Å². The summed E-state index contributed by atoms with van der Waals surface area (Å²) in [6, 6.07) is 9.60. The van der Waals surface area contributed by atoms with Crippen molar-refractivity contribution in [2.45, 2.75) is 6.42 Å². The standard InChI is InChI=1S/C14H18N2O2S/c1-15-14(18)16-13(17)9-11-19-10-5-8-12-6-3-2-4-7-12/h2-8H,9-11H2,1H3,(H2,15,16,17,18). The van der Waals surface area contributed by atoms with Gasteiger partial charge in [0.05, 0.1) is 0 Å². The molecule has 2 N–H and O–H groups in total. The predicted molar refractivity (Wildman–Crippen MR) is 80.0 cm³/mol. The van der Waals surface area contributed by atoms with E-state index in [1.165, 1.54) is 12.6 Å². The lowest BCUT2D eigenvalue weighted by atomic mass is 10.2. The lowest BCUT2D eigenvalue weighted by Gasteiger charge is -2.02. The molecule has 0 fully saturated rings. The third kappa shape index (κ3) is 7.31. The van der Waals surface area contributed by atoms with Gasteiger partial charge in [0.1, 0.15) is 0 Å². The molecule has 1 aromatic rings. The molecule has 102 valence electrons. The predicted octanol–water partition coefficient (Wildman–Crippen LogP) is 2.28. The Hall–Kier alpha value is -1.75. The molecular formula is C14H18N2O2S. The molecule has 0 aliphatic heterocycles. The van der Waals surface area contributed by atoms with Gasteiger partial charge < -0.3 is 5.32 Å². The van der Waals surface area contributed by atoms with E-state index in [0.717, 1.165) is 5.75 Å². The van der Waals surface area contributed by atoms with Crippen molar-refractivity contribution in [2.75, 3.05) is 18.6 Å². The van der Waals surface area contributed by atoms with Gasteiger partial charge in [0.15, 0.2) is 0 Å². The van der Waals surface area contributed by atoms with Crippen molar-refractivity contribution < 1.29 is 9.59 Å². The van der Waals surface area contributed by atoms with Crippen LogP contribution in [-0.2, 0) is 4.79 Å². The summed E-state index contributed by atoms with van der Waals surface area (Å²) < 4.78 is 0. The molecule has 0 aliphatic carbocycles. The number of urea groups is 1. The highest BCUT2D eigenvalue weighted by molar-refractivity contribution is 7.99. The van der Waals surface area contributed by atoms with E-state index >= 15 is 0 Å². The first kappa shape index (κ1) is 15.3. The van der Waals surface area contributed by atoms with Crippen molar-refractivity contribution >= 4 is 29.8 Å². The second-order valence-electron chi connectivity index (χ2n) is 3.77. The first-order chi connectivity index (χ1) is 9.22. The average molecular weight is 278 g/mol. The van der Waals surface area contributed by atoms with Crippen LogP contribution in [0.25, 0.3) is 6.08 Å². The third-order valence-electron chi connectivity index (χ3n) is 2.28. The number of hydrogen-bond donors (Lipinski definition) is 2. The monoisotopic (exact) mass is 278 g/mol. The lowest BCUT2D eigenvalue weighted by molar-refractivity contribution is -0.119. The molecule has 5 heteroatoms. The van der Waals surface area contributed by atoms with Gasteiger partial charge in [-0.1, -0.05) is 42.5 Å². The van der Waals surface area contributed by atoms with Gasteiger partial charge in [-0.25, -0.2) is 4.79 Å². The molecule has 0 aromatic heterocycles. The van der Waals surface area contributed by atoms with E-state index in [0.29, 0.717) is 12.2 Å². The zero-order chi connectivity index (χ0) is 13.9. The topological polar surface area (TPSA) is 58.2 Å². The van der Waals surface area contributed by atoms with Crippen molar-refractivity contribution in [3.05, 3.63) is 42.0 Å². The van der Waals surface area contributed by atoms with Crippen LogP contribution in [0.15, 0.2) is 36.4 Å². The highest BCUT2D eigenvalue weighted by Crippen LogP contribution is 2.06. The summed E-state index contributed by atoms with van der Waals surface area (Å²) in [5, 5.41) is 4.56. The molecule has 0 saturated carbocycles. The van der Waals surface area contributed by atoms with Crippen molar-refractivity contribution in [1.82, 2.24) is 10.6 Å². The average Bonchev–Trinajstić information content (AvgIpc) is 2.43. The molecular weight excluding hydrogens is 260 g/mol. The molecule has 3 amide bonds. The van der Waals surface area contributed by atoms with Crippen molar-refractivity contribution in [1.29, 1.82) is 0 Å². The Labute approximate surface area is 117 Å². The molecule has 0 unspecified atom stereocenters. The molecule has 0 spiro atoms. The van der Waals surface area contributed by atoms with Gasteiger partial charge in [-0.05, 0) is 5.56 Å². The Morgan fingerprint density at radius 2 is 2.00 bits per heavy atom. The minimum atomic E-state index is -0.459. The van der Waals surface area contributed by atoms with Gasteiger partial charge in [-0.15, -0.1) is 0 Å². The number of benzene rings is 1. The second kappa shape index (κ2) is 9.22. The van der Waals surface area contributed by atoms with Gasteiger partial charge in [-0.3, -0.25) is 10.1 Å². The van der Waals surface area contributed by atoms with Crippen LogP contribution in [0.5, 0.6) is 0 Å². The van der Waals surface area contributed by atoms with E-state index in [9.17, 15) is 9.59 Å². The Kier molecular flexibility index (Phi) is 7.43. The fraction of sp³-hybridized carbons (Fsp3) is 0.286. The number of hydrogen-bond acceptors (Lipinski definition) is 3. The highest BCUT2D eigenvalue weighted by Gasteiger charge is 2.04. The molecule has 19 heavy (non-hydrogen) atoms. The van der Waals surface area contributed by atoms with E-state index in [-0.39, 0.29) is 5.91 Å². The number of carbonyl (C=O) groups excluding carboxylic acids is 2. The van der Waals surface area contributed by atoms with E-state index in [4.69, 9.17) is 0 Å². The lowest BCUT2D eigenvalue weighted by Crippen LogP contribution is -2.37. The zero-order valence-electron chi connectivity index (χ0n) is 10.9. The second-order valence-corrected chi connectivity index (χ2v) is 4.92. The fourth-order valence-electron chi connectivity index (χ4n) is 1.32. The molecule has 0 aliphatic rings. The quantitative estimate of drug-likeness (QED) is 0.785. The first-order valence-corrected chi connectivity index (χ1v) is 7.18. The van der Waals surface area contributed by atoms with E-state index in [1.54, 1.807) is 11.8 Å². The Bertz CT molecular complexity index is 432. The number of carbonyl (C=O) groups is 2. The fourth-order valence-corrected chi connectivity index (χ4v) is 2.04. The summed E-state index contributed by atoms with van der Waals surface area (Å²) >= 11 is 1.66. The normalized spacial score (nSPS) is 10.4. The Morgan fingerprint density at radius 3 is 2.68 bits per heavy atom. The van der Waals surface area contributed by atoms with Crippen molar-refractivity contribution in [3.63, 3.8) is 0 Å². The van der Waals surface area contributed by atoms with Crippen LogP contribution in [0.3, 0.4) is 0 Å². The third-order valence-corrected chi connectivity index (χ3v) is 3.20. The smallest absolute Gasteiger partial charge is 0.321 e. The van der Waals surface area contributed by atoms with Crippen LogP contribution in [0, 0.1) is 0 Å². The number of amides is 3. The van der Waals surface area contributed by atoms with Crippen molar-refractivity contribution in [3.8, 4) is 0 Å². The van der Waals surface area contributed by atoms with Crippen LogP contribution in [-0.4, -0.2) is 30.5 Å². The van der Waals surface area contributed by atoms with E-state index in [1.807, 2.05) is 30.3 Å². The van der Waals surface area contributed by atoms with E-state index in [2.05, 4.69) is 22.8 Å². The number of nitrogens with one attached hydrogen (secondary N) is 2. The molecule has 0 bridgehead atoms. The summed E-state index contributed by atoms with van der Waals surface area (Å²) in [6.07, 6.45) is 4.46. The maximum atomic E-state index is 11.3. The Balaban J connectivity index is 2.10. The molecule has 0 heterocycles. The van der Waals surface area contributed by atoms with Crippen LogP contribution in [0.2, 0.25) is 0 Å². The number of rotatable bonds is 6. The number of thioether (sulfide) groups is 1. The number of imide groups is 1. The minimum Gasteiger partial charge on any atom is -0.341 e. The maximum Gasteiger partial charge on any atom is 0.321 e. The summed E-state index contributed by atoms with van der Waals surface area (Å²) in [4.78, 5) is 22.1. The van der Waals surface area contributed by atoms with Crippen LogP contribution in [0.1, 0.15) is 12.0 Å².